The summed E-state index contributed by atoms with van der Waals surface area (Å²) >= 11 is 0. The van der Waals surface area contributed by atoms with Crippen molar-refractivity contribution in [2.45, 2.75) is 13.5 Å². The minimum atomic E-state index is -0.0601. The van der Waals surface area contributed by atoms with Gasteiger partial charge in [-0.15, -0.1) is 0 Å². The van der Waals surface area contributed by atoms with Gasteiger partial charge in [0.1, 0.15) is 0 Å². The van der Waals surface area contributed by atoms with Gasteiger partial charge in [0.05, 0.1) is 6.54 Å². The minimum absolute atomic E-state index is 0.0601. The Hall–Kier alpha value is -2.40. The molecule has 0 spiro atoms. The lowest BCUT2D eigenvalue weighted by molar-refractivity contribution is -0.117. The number of carbonyl (C=O) groups is 1. The number of benzene rings is 1. The summed E-state index contributed by atoms with van der Waals surface area (Å²) in [6.07, 6.45) is 3.54. The number of nitrogens with zero attached hydrogens (tertiary/aromatic N) is 2. The summed E-state index contributed by atoms with van der Waals surface area (Å²) in [5, 5.41) is 2.89. The number of carbonyl (C=O) groups excluding carboxylic acids is 1. The van der Waals surface area contributed by atoms with Crippen molar-refractivity contribution in [3.63, 3.8) is 0 Å². The highest BCUT2D eigenvalue weighted by atomic mass is 16.2. The molecule has 21 heavy (non-hydrogen) atoms. The average molecular weight is 284 g/mol. The van der Waals surface area contributed by atoms with Crippen molar-refractivity contribution in [2.75, 3.05) is 24.6 Å². The highest BCUT2D eigenvalue weighted by molar-refractivity contribution is 5.93. The van der Waals surface area contributed by atoms with Gasteiger partial charge in [-0.1, -0.05) is 12.1 Å². The van der Waals surface area contributed by atoms with E-state index in [1.54, 1.807) is 18.5 Å². The Balaban J connectivity index is 1.91. The fourth-order valence-corrected chi connectivity index (χ4v) is 2.07. The van der Waals surface area contributed by atoms with E-state index in [2.05, 4.69) is 10.3 Å². The van der Waals surface area contributed by atoms with Crippen LogP contribution in [-0.2, 0) is 11.3 Å². The summed E-state index contributed by atoms with van der Waals surface area (Å²) in [4.78, 5) is 18.1. The molecule has 110 valence electrons. The number of rotatable bonds is 5. The second-order valence-corrected chi connectivity index (χ2v) is 5.16. The molecule has 2 rings (SSSR count). The number of nitrogen functional groups attached to an aromatic ring is 1. The van der Waals surface area contributed by atoms with E-state index in [1.165, 1.54) is 0 Å². The number of nitrogens with two attached hydrogens (primary N) is 1. The maximum Gasteiger partial charge on any atom is 0.238 e. The van der Waals surface area contributed by atoms with Gasteiger partial charge in [0.2, 0.25) is 5.91 Å². The molecule has 1 aromatic carbocycles. The van der Waals surface area contributed by atoms with E-state index in [1.807, 2.05) is 43.1 Å². The second-order valence-electron chi connectivity index (χ2n) is 5.16. The van der Waals surface area contributed by atoms with Gasteiger partial charge in [-0.3, -0.25) is 14.7 Å². The van der Waals surface area contributed by atoms with Crippen LogP contribution in [0.4, 0.5) is 11.4 Å². The summed E-state index contributed by atoms with van der Waals surface area (Å²) < 4.78 is 0. The summed E-state index contributed by atoms with van der Waals surface area (Å²) in [6.45, 7) is 2.93. The van der Waals surface area contributed by atoms with E-state index in [9.17, 15) is 4.79 Å². The third-order valence-corrected chi connectivity index (χ3v) is 3.12. The number of anilines is 2. The van der Waals surface area contributed by atoms with Crippen LogP contribution in [0.1, 0.15) is 11.1 Å². The van der Waals surface area contributed by atoms with Crippen LogP contribution in [0.15, 0.2) is 42.7 Å². The molecule has 0 bridgehead atoms. The number of pyridine rings is 1. The molecule has 1 aromatic heterocycles. The molecule has 1 amide bonds. The van der Waals surface area contributed by atoms with Crippen molar-refractivity contribution >= 4 is 17.3 Å². The van der Waals surface area contributed by atoms with Gasteiger partial charge < -0.3 is 11.1 Å². The van der Waals surface area contributed by atoms with Gasteiger partial charge in [0, 0.05) is 30.3 Å². The normalized spacial score (nSPS) is 10.6. The monoisotopic (exact) mass is 284 g/mol. The Morgan fingerprint density at radius 2 is 2.19 bits per heavy atom. The summed E-state index contributed by atoms with van der Waals surface area (Å²) in [5.41, 5.74) is 9.21. The van der Waals surface area contributed by atoms with Crippen molar-refractivity contribution in [1.82, 2.24) is 9.88 Å². The molecule has 0 aliphatic rings. The molecule has 0 unspecified atom stereocenters. The quantitative estimate of drug-likeness (QED) is 0.824. The lowest BCUT2D eigenvalue weighted by Gasteiger charge is -2.17. The number of aryl methyl sites for hydroxylation is 1. The molecule has 0 saturated carbocycles. The zero-order chi connectivity index (χ0) is 15.2. The molecule has 2 aromatic rings. The number of likely N-dealkylation sites (N-methyl/N-ethyl adjacent to an activating group) is 1. The van der Waals surface area contributed by atoms with Crippen LogP contribution >= 0.6 is 0 Å². The number of hydrogen-bond acceptors (Lipinski definition) is 4. The van der Waals surface area contributed by atoms with E-state index in [0.717, 1.165) is 16.8 Å². The van der Waals surface area contributed by atoms with Crippen molar-refractivity contribution in [3.05, 3.63) is 53.9 Å². The van der Waals surface area contributed by atoms with Gasteiger partial charge >= 0.3 is 0 Å². The number of amides is 1. The maximum absolute atomic E-state index is 12.1. The Bertz CT molecular complexity index is 613. The number of nitrogens with one attached hydrogen (secondary N) is 1. The Morgan fingerprint density at radius 1 is 1.38 bits per heavy atom. The molecule has 3 N–H and O–H groups in total. The van der Waals surface area contributed by atoms with E-state index >= 15 is 0 Å². The maximum atomic E-state index is 12.1. The summed E-state index contributed by atoms with van der Waals surface area (Å²) in [6, 6.07) is 9.36. The van der Waals surface area contributed by atoms with Crippen LogP contribution in [0, 0.1) is 6.92 Å². The van der Waals surface area contributed by atoms with Gasteiger partial charge in [0.25, 0.3) is 0 Å². The Kier molecular flexibility index (Phi) is 4.90. The number of hydrogen-bond donors (Lipinski definition) is 2. The molecule has 5 nitrogen and oxygen atoms in total. The first kappa shape index (κ1) is 15.0. The molecule has 0 saturated heterocycles. The van der Waals surface area contributed by atoms with Crippen LogP contribution in [0.5, 0.6) is 0 Å². The van der Waals surface area contributed by atoms with Crippen molar-refractivity contribution < 1.29 is 4.79 Å². The van der Waals surface area contributed by atoms with Crippen LogP contribution in [0.2, 0.25) is 0 Å². The molecular formula is C16H20N4O. The topological polar surface area (TPSA) is 71.2 Å². The largest absolute Gasteiger partial charge is 0.399 e. The summed E-state index contributed by atoms with van der Waals surface area (Å²) in [7, 11) is 1.90. The third-order valence-electron chi connectivity index (χ3n) is 3.12. The molecule has 5 heteroatoms. The molecule has 0 radical (unpaired) electrons. The van der Waals surface area contributed by atoms with Crippen LogP contribution in [0.25, 0.3) is 0 Å². The molecule has 1 heterocycles. The van der Waals surface area contributed by atoms with Gasteiger partial charge in [-0.25, -0.2) is 0 Å². The van der Waals surface area contributed by atoms with Crippen LogP contribution in [0.3, 0.4) is 0 Å². The molecular weight excluding hydrogens is 264 g/mol. The predicted octanol–water partition coefficient (Wildman–Crippen LogP) is 2.04. The Labute approximate surface area is 124 Å². The van der Waals surface area contributed by atoms with Crippen LogP contribution < -0.4 is 11.1 Å². The fraction of sp³-hybridized carbons (Fsp3) is 0.250. The summed E-state index contributed by atoms with van der Waals surface area (Å²) in [5.74, 6) is -0.0601. The smallest absolute Gasteiger partial charge is 0.238 e. The van der Waals surface area contributed by atoms with Crippen molar-refractivity contribution in [2.24, 2.45) is 0 Å². The van der Waals surface area contributed by atoms with Gasteiger partial charge in [-0.05, 0) is 43.3 Å². The molecule has 0 atom stereocenters. The van der Waals surface area contributed by atoms with Crippen molar-refractivity contribution in [3.8, 4) is 0 Å². The molecule has 0 fully saturated rings. The fourth-order valence-electron chi connectivity index (χ4n) is 2.07. The zero-order valence-corrected chi connectivity index (χ0v) is 12.3. The lowest BCUT2D eigenvalue weighted by atomic mass is 10.2. The average Bonchev–Trinajstić information content (AvgIpc) is 2.43. The lowest BCUT2D eigenvalue weighted by Crippen LogP contribution is -2.30. The van der Waals surface area contributed by atoms with Gasteiger partial charge in [0.15, 0.2) is 0 Å². The number of aromatic nitrogens is 1. The highest BCUT2D eigenvalue weighted by Crippen LogP contribution is 2.18. The minimum Gasteiger partial charge on any atom is -0.399 e. The van der Waals surface area contributed by atoms with E-state index < -0.39 is 0 Å². The SMILES string of the molecule is Cc1ccc(N)cc1NC(=O)CN(C)Cc1cccnc1. The van der Waals surface area contributed by atoms with E-state index in [-0.39, 0.29) is 5.91 Å². The first-order valence-corrected chi connectivity index (χ1v) is 6.78. The third kappa shape index (κ3) is 4.57. The van der Waals surface area contributed by atoms with Gasteiger partial charge in [-0.2, -0.15) is 0 Å². The first-order valence-electron chi connectivity index (χ1n) is 6.78. The molecule has 0 aliphatic heterocycles. The highest BCUT2D eigenvalue weighted by Gasteiger charge is 2.09. The van der Waals surface area contributed by atoms with Crippen LogP contribution in [-0.4, -0.2) is 29.4 Å². The van der Waals surface area contributed by atoms with E-state index in [0.29, 0.717) is 18.8 Å². The first-order chi connectivity index (χ1) is 10.0. The Morgan fingerprint density at radius 3 is 2.90 bits per heavy atom. The second kappa shape index (κ2) is 6.85. The van der Waals surface area contributed by atoms with Crippen molar-refractivity contribution in [1.29, 1.82) is 0 Å². The van der Waals surface area contributed by atoms with E-state index in [4.69, 9.17) is 5.73 Å². The predicted molar refractivity (Wildman–Crippen MR) is 84.8 cm³/mol. The zero-order valence-electron chi connectivity index (χ0n) is 12.3. The molecule has 0 aliphatic carbocycles. The standard InChI is InChI=1S/C16H20N4O/c1-12-5-6-14(17)8-15(12)19-16(21)11-20(2)10-13-4-3-7-18-9-13/h3-9H,10-11,17H2,1-2H3,(H,19,21).